The fraction of sp³-hybridized carbons (Fsp3) is 0.591. The maximum atomic E-state index is 12.8. The van der Waals surface area contributed by atoms with Crippen molar-refractivity contribution in [2.75, 3.05) is 43.6 Å². The summed E-state index contributed by atoms with van der Waals surface area (Å²) < 4.78 is 5.01. The van der Waals surface area contributed by atoms with Gasteiger partial charge >= 0.3 is 12.0 Å². The third-order valence-electron chi connectivity index (χ3n) is 5.40. The van der Waals surface area contributed by atoms with E-state index in [9.17, 15) is 14.4 Å². The van der Waals surface area contributed by atoms with E-state index in [0.717, 1.165) is 18.6 Å². The van der Waals surface area contributed by atoms with Gasteiger partial charge in [0.15, 0.2) is 0 Å². The van der Waals surface area contributed by atoms with Crippen molar-refractivity contribution in [1.29, 1.82) is 0 Å². The first-order valence-corrected chi connectivity index (χ1v) is 12.0. The van der Waals surface area contributed by atoms with Crippen molar-refractivity contribution >= 4 is 35.4 Å². The standard InChI is InChI=1S/C22H33N3O4S/c1-4-16-15-25(11-9-17(16)14-20(26)23-10-12-30-3)22(28)24-19-8-6-7-18(13-19)21(27)29-5-2/h6-8,13,16-17H,4-5,9-12,14-15H2,1-3H3,(H,23,26)(H,24,28)/t16-,17-/m0/s1. The van der Waals surface area contributed by atoms with Crippen LogP contribution in [0, 0.1) is 11.8 Å². The highest BCUT2D eigenvalue weighted by Crippen LogP contribution is 2.29. The second kappa shape index (κ2) is 12.5. The van der Waals surface area contributed by atoms with Crippen LogP contribution in [0.5, 0.6) is 0 Å². The first-order valence-electron chi connectivity index (χ1n) is 10.6. The number of hydrogen-bond acceptors (Lipinski definition) is 5. The molecule has 0 aliphatic carbocycles. The SMILES string of the molecule is CCOC(=O)c1cccc(NC(=O)N2CC[C@@H](CC(=O)NCCSC)[C@@H](CC)C2)c1. The molecule has 1 aliphatic heterocycles. The van der Waals surface area contributed by atoms with E-state index in [2.05, 4.69) is 17.6 Å². The lowest BCUT2D eigenvalue weighted by Crippen LogP contribution is -2.46. The number of thioether (sulfide) groups is 1. The summed E-state index contributed by atoms with van der Waals surface area (Å²) in [5, 5.41) is 5.86. The molecule has 2 N–H and O–H groups in total. The van der Waals surface area contributed by atoms with Crippen molar-refractivity contribution in [3.8, 4) is 0 Å². The molecule has 0 aromatic heterocycles. The van der Waals surface area contributed by atoms with Crippen molar-refractivity contribution in [3.05, 3.63) is 29.8 Å². The number of rotatable bonds is 9. The van der Waals surface area contributed by atoms with Gasteiger partial charge in [-0.15, -0.1) is 0 Å². The quantitative estimate of drug-likeness (QED) is 0.457. The van der Waals surface area contributed by atoms with Gasteiger partial charge in [0.05, 0.1) is 12.2 Å². The van der Waals surface area contributed by atoms with E-state index in [1.807, 2.05) is 6.26 Å². The molecule has 0 bridgehead atoms. The third kappa shape index (κ3) is 7.23. The molecular weight excluding hydrogens is 402 g/mol. The average molecular weight is 436 g/mol. The zero-order valence-electron chi connectivity index (χ0n) is 18.1. The summed E-state index contributed by atoms with van der Waals surface area (Å²) in [4.78, 5) is 38.6. The minimum Gasteiger partial charge on any atom is -0.462 e. The van der Waals surface area contributed by atoms with Crippen molar-refractivity contribution < 1.29 is 19.1 Å². The number of hydrogen-bond donors (Lipinski definition) is 2. The lowest BCUT2D eigenvalue weighted by atomic mass is 9.81. The minimum atomic E-state index is -0.406. The number of likely N-dealkylation sites (tertiary alicyclic amines) is 1. The van der Waals surface area contributed by atoms with Crippen molar-refractivity contribution in [3.63, 3.8) is 0 Å². The maximum Gasteiger partial charge on any atom is 0.338 e. The Hall–Kier alpha value is -2.22. The molecule has 8 heteroatoms. The van der Waals surface area contributed by atoms with E-state index >= 15 is 0 Å². The molecule has 0 radical (unpaired) electrons. The number of piperidine rings is 1. The Morgan fingerprint density at radius 1 is 1.23 bits per heavy atom. The number of benzene rings is 1. The van der Waals surface area contributed by atoms with E-state index in [4.69, 9.17) is 4.74 Å². The van der Waals surface area contributed by atoms with Crippen LogP contribution in [0.4, 0.5) is 10.5 Å². The number of amides is 3. The van der Waals surface area contributed by atoms with Crippen LogP contribution in [-0.4, -0.2) is 61.1 Å². The second-order valence-electron chi connectivity index (χ2n) is 7.44. The predicted octanol–water partition coefficient (Wildman–Crippen LogP) is 3.61. The Bertz CT molecular complexity index is 728. The number of esters is 1. The lowest BCUT2D eigenvalue weighted by Gasteiger charge is -2.38. The molecule has 0 spiro atoms. The van der Waals surface area contributed by atoms with E-state index in [-0.39, 0.29) is 11.9 Å². The zero-order valence-corrected chi connectivity index (χ0v) is 18.9. The van der Waals surface area contributed by atoms with E-state index in [1.165, 1.54) is 0 Å². The Labute approximate surface area is 183 Å². The average Bonchev–Trinajstić information content (AvgIpc) is 2.74. The summed E-state index contributed by atoms with van der Waals surface area (Å²) in [5.74, 6) is 1.19. The molecule has 7 nitrogen and oxygen atoms in total. The molecule has 30 heavy (non-hydrogen) atoms. The zero-order chi connectivity index (χ0) is 21.9. The van der Waals surface area contributed by atoms with Gasteiger partial charge in [-0.3, -0.25) is 4.79 Å². The van der Waals surface area contributed by atoms with Crippen molar-refractivity contribution in [2.45, 2.75) is 33.1 Å². The van der Waals surface area contributed by atoms with Crippen molar-refractivity contribution in [2.24, 2.45) is 11.8 Å². The fourth-order valence-corrected chi connectivity index (χ4v) is 4.05. The van der Waals surface area contributed by atoms with Crippen LogP contribution in [0.25, 0.3) is 0 Å². The predicted molar refractivity (Wildman–Crippen MR) is 121 cm³/mol. The molecule has 0 saturated carbocycles. The number of carbonyl (C=O) groups excluding carboxylic acids is 3. The highest BCUT2D eigenvalue weighted by atomic mass is 32.2. The smallest absolute Gasteiger partial charge is 0.338 e. The van der Waals surface area contributed by atoms with Gasteiger partial charge in [-0.1, -0.05) is 19.4 Å². The normalized spacial score (nSPS) is 18.6. The van der Waals surface area contributed by atoms with Gasteiger partial charge in [0, 0.05) is 37.5 Å². The van der Waals surface area contributed by atoms with Crippen LogP contribution >= 0.6 is 11.8 Å². The molecule has 1 saturated heterocycles. The molecule has 3 amide bonds. The first kappa shape index (κ1) is 24.1. The molecule has 166 valence electrons. The topological polar surface area (TPSA) is 87.7 Å². The third-order valence-corrected chi connectivity index (χ3v) is 6.02. The van der Waals surface area contributed by atoms with E-state index in [0.29, 0.717) is 55.7 Å². The molecule has 1 fully saturated rings. The second-order valence-corrected chi connectivity index (χ2v) is 8.43. The maximum absolute atomic E-state index is 12.8. The minimum absolute atomic E-state index is 0.0983. The molecule has 2 rings (SSSR count). The Balaban J connectivity index is 1.90. The molecule has 2 atom stereocenters. The number of nitrogens with zero attached hydrogens (tertiary/aromatic N) is 1. The van der Waals surface area contributed by atoms with Crippen LogP contribution in [0.3, 0.4) is 0 Å². The number of carbonyl (C=O) groups is 3. The molecule has 1 heterocycles. The molecule has 1 aromatic carbocycles. The molecule has 1 aromatic rings. The van der Waals surface area contributed by atoms with Crippen LogP contribution in [0.15, 0.2) is 24.3 Å². The highest BCUT2D eigenvalue weighted by molar-refractivity contribution is 7.98. The summed E-state index contributed by atoms with van der Waals surface area (Å²) in [6.45, 7) is 6.10. The van der Waals surface area contributed by atoms with Gasteiger partial charge in [-0.2, -0.15) is 11.8 Å². The van der Waals surface area contributed by atoms with Crippen molar-refractivity contribution in [1.82, 2.24) is 10.2 Å². The van der Waals surface area contributed by atoms with Crippen LogP contribution in [0.2, 0.25) is 0 Å². The van der Waals surface area contributed by atoms with E-state index < -0.39 is 5.97 Å². The van der Waals surface area contributed by atoms with Gasteiger partial charge < -0.3 is 20.3 Å². The van der Waals surface area contributed by atoms with Gasteiger partial charge in [0.25, 0.3) is 0 Å². The number of urea groups is 1. The first-order chi connectivity index (χ1) is 14.5. The Kier molecular flexibility index (Phi) is 10.00. The largest absolute Gasteiger partial charge is 0.462 e. The Morgan fingerprint density at radius 2 is 2.03 bits per heavy atom. The molecule has 0 unspecified atom stereocenters. The number of ether oxygens (including phenoxy) is 1. The highest BCUT2D eigenvalue weighted by Gasteiger charge is 2.31. The van der Waals surface area contributed by atoms with Crippen LogP contribution in [0.1, 0.15) is 43.5 Å². The van der Waals surface area contributed by atoms with Gasteiger partial charge in [0.1, 0.15) is 0 Å². The van der Waals surface area contributed by atoms with Gasteiger partial charge in [-0.05, 0) is 49.6 Å². The molecular formula is C22H33N3O4S. The van der Waals surface area contributed by atoms with Gasteiger partial charge in [-0.25, -0.2) is 9.59 Å². The van der Waals surface area contributed by atoms with E-state index in [1.54, 1.807) is 47.9 Å². The summed E-state index contributed by atoms with van der Waals surface area (Å²) in [7, 11) is 0. The lowest BCUT2D eigenvalue weighted by molar-refractivity contribution is -0.122. The monoisotopic (exact) mass is 435 g/mol. The van der Waals surface area contributed by atoms with Crippen LogP contribution < -0.4 is 10.6 Å². The summed E-state index contributed by atoms with van der Waals surface area (Å²) in [6.07, 6.45) is 4.27. The summed E-state index contributed by atoms with van der Waals surface area (Å²) in [5.41, 5.74) is 0.973. The van der Waals surface area contributed by atoms with Crippen LogP contribution in [-0.2, 0) is 9.53 Å². The number of anilines is 1. The fourth-order valence-electron chi connectivity index (χ4n) is 3.74. The number of nitrogens with one attached hydrogen (secondary N) is 2. The molecule has 1 aliphatic rings. The summed E-state index contributed by atoms with van der Waals surface area (Å²) >= 11 is 1.71. The summed E-state index contributed by atoms with van der Waals surface area (Å²) in [6, 6.07) is 6.58. The van der Waals surface area contributed by atoms with Gasteiger partial charge in [0.2, 0.25) is 5.91 Å². The Morgan fingerprint density at radius 3 is 2.73 bits per heavy atom.